The molecule has 0 saturated heterocycles. The van der Waals surface area contributed by atoms with Crippen molar-refractivity contribution in [2.75, 3.05) is 19.6 Å². The van der Waals surface area contributed by atoms with Crippen molar-refractivity contribution in [2.45, 2.75) is 130 Å². The van der Waals surface area contributed by atoms with Crippen LogP contribution in [0.25, 0.3) is 0 Å². The monoisotopic (exact) mass is 604 g/mol. The van der Waals surface area contributed by atoms with Gasteiger partial charge in [0.25, 0.3) is 0 Å². The Morgan fingerprint density at radius 1 is 0.651 bits per heavy atom. The molecule has 10 heteroatoms. The molecule has 2 unspecified atom stereocenters. The summed E-state index contributed by atoms with van der Waals surface area (Å²) < 4.78 is 16.9. The van der Waals surface area contributed by atoms with Crippen LogP contribution in [0.4, 0.5) is 0 Å². The Morgan fingerprint density at radius 2 is 1.00 bits per heavy atom. The molecule has 1 aromatic carbocycles. The van der Waals surface area contributed by atoms with Crippen molar-refractivity contribution in [3.05, 3.63) is 35.4 Å². The van der Waals surface area contributed by atoms with Crippen molar-refractivity contribution >= 4 is 23.9 Å². The maximum atomic E-state index is 13.1. The summed E-state index contributed by atoms with van der Waals surface area (Å²) in [4.78, 5) is 54.3. The largest absolute Gasteiger partial charge is 0.481 e. The highest BCUT2D eigenvalue weighted by molar-refractivity contribution is 5.76. The molecule has 0 bridgehead atoms. The van der Waals surface area contributed by atoms with Gasteiger partial charge in [0.05, 0.1) is 26.1 Å². The van der Waals surface area contributed by atoms with Crippen LogP contribution in [0.2, 0.25) is 0 Å². The molecule has 1 aliphatic rings. The van der Waals surface area contributed by atoms with Gasteiger partial charge >= 0.3 is 23.9 Å². The summed E-state index contributed by atoms with van der Waals surface area (Å²) in [7, 11) is 0. The van der Waals surface area contributed by atoms with E-state index in [0.29, 0.717) is 12.1 Å². The van der Waals surface area contributed by atoms with E-state index in [1.54, 1.807) is 53.7 Å². The van der Waals surface area contributed by atoms with Gasteiger partial charge in [-0.05, 0) is 86.3 Å². The molecule has 1 fully saturated rings. The number of carboxylic acid groups (broad SMARTS) is 1. The SMILES string of the molecule is CC(C)(C)OC(=O)CN(CC(=O)OC(C)(C)C)C1CCCCC1N(CC(=O)OC(C)(C)C)Cc1ccc(CC(=O)O)cc1. The lowest BCUT2D eigenvalue weighted by Gasteiger charge is -2.44. The van der Waals surface area contributed by atoms with Crippen LogP contribution in [0.15, 0.2) is 24.3 Å². The van der Waals surface area contributed by atoms with Crippen LogP contribution in [-0.4, -0.2) is 87.3 Å². The van der Waals surface area contributed by atoms with Gasteiger partial charge in [-0.3, -0.25) is 29.0 Å². The van der Waals surface area contributed by atoms with E-state index < -0.39 is 34.7 Å². The van der Waals surface area contributed by atoms with Gasteiger partial charge < -0.3 is 19.3 Å². The first-order valence-corrected chi connectivity index (χ1v) is 15.1. The van der Waals surface area contributed by atoms with Gasteiger partial charge in [0, 0.05) is 18.6 Å². The van der Waals surface area contributed by atoms with Crippen LogP contribution in [0.3, 0.4) is 0 Å². The van der Waals surface area contributed by atoms with Gasteiger partial charge in [-0.2, -0.15) is 0 Å². The van der Waals surface area contributed by atoms with Crippen molar-refractivity contribution in [3.63, 3.8) is 0 Å². The van der Waals surface area contributed by atoms with Crippen molar-refractivity contribution in [1.82, 2.24) is 9.80 Å². The Bertz CT molecular complexity index is 1070. The maximum Gasteiger partial charge on any atom is 0.320 e. The molecule has 2 rings (SSSR count). The van der Waals surface area contributed by atoms with Gasteiger partial charge in [0.15, 0.2) is 0 Å². The molecule has 1 N–H and O–H groups in total. The van der Waals surface area contributed by atoms with Crippen LogP contribution < -0.4 is 0 Å². The van der Waals surface area contributed by atoms with E-state index in [0.717, 1.165) is 31.2 Å². The Balaban J connectivity index is 2.44. The lowest BCUT2D eigenvalue weighted by molar-refractivity contribution is -0.164. The molecule has 0 spiro atoms. The van der Waals surface area contributed by atoms with E-state index >= 15 is 0 Å². The Hall–Kier alpha value is -2.98. The number of carboxylic acids is 1. The number of hydrogen-bond acceptors (Lipinski definition) is 9. The summed E-state index contributed by atoms with van der Waals surface area (Å²) in [6.45, 7) is 16.5. The predicted molar refractivity (Wildman–Crippen MR) is 163 cm³/mol. The highest BCUT2D eigenvalue weighted by Gasteiger charge is 2.38. The highest BCUT2D eigenvalue weighted by Crippen LogP contribution is 2.29. The zero-order chi connectivity index (χ0) is 32.6. The third-order valence-corrected chi connectivity index (χ3v) is 6.65. The summed E-state index contributed by atoms with van der Waals surface area (Å²) in [5, 5.41) is 9.14. The molecule has 0 aliphatic heterocycles. The summed E-state index contributed by atoms with van der Waals surface area (Å²) in [5.74, 6) is -2.15. The minimum Gasteiger partial charge on any atom is -0.481 e. The van der Waals surface area contributed by atoms with Gasteiger partial charge in [0.1, 0.15) is 16.8 Å². The van der Waals surface area contributed by atoms with E-state index in [2.05, 4.69) is 4.90 Å². The van der Waals surface area contributed by atoms with E-state index in [1.165, 1.54) is 0 Å². The first-order valence-electron chi connectivity index (χ1n) is 15.1. The maximum absolute atomic E-state index is 13.1. The molecular formula is C33H52N2O8. The van der Waals surface area contributed by atoms with E-state index in [1.807, 2.05) is 37.8 Å². The fraction of sp³-hybridized carbons (Fsp3) is 0.697. The molecule has 1 saturated carbocycles. The molecule has 0 radical (unpaired) electrons. The van der Waals surface area contributed by atoms with Gasteiger partial charge in [-0.15, -0.1) is 0 Å². The van der Waals surface area contributed by atoms with Gasteiger partial charge in [-0.1, -0.05) is 37.1 Å². The number of hydrogen-bond donors (Lipinski definition) is 1. The topological polar surface area (TPSA) is 123 Å². The molecular weight excluding hydrogens is 552 g/mol. The van der Waals surface area contributed by atoms with E-state index in [-0.39, 0.29) is 44.1 Å². The molecule has 10 nitrogen and oxygen atoms in total. The van der Waals surface area contributed by atoms with E-state index in [9.17, 15) is 19.2 Å². The number of nitrogens with zero attached hydrogens (tertiary/aromatic N) is 2. The summed E-state index contributed by atoms with van der Waals surface area (Å²) >= 11 is 0. The quantitative estimate of drug-likeness (QED) is 0.264. The lowest BCUT2D eigenvalue weighted by Crippen LogP contribution is -2.57. The smallest absolute Gasteiger partial charge is 0.320 e. The second-order valence-electron chi connectivity index (χ2n) is 14.4. The molecule has 0 heterocycles. The zero-order valence-electron chi connectivity index (χ0n) is 27.5. The van der Waals surface area contributed by atoms with Crippen LogP contribution in [-0.2, 0) is 46.4 Å². The minimum absolute atomic E-state index is 0.0159. The second-order valence-corrected chi connectivity index (χ2v) is 14.4. The zero-order valence-corrected chi connectivity index (χ0v) is 27.5. The minimum atomic E-state index is -0.903. The normalized spacial score (nSPS) is 17.9. The molecule has 2 atom stereocenters. The average Bonchev–Trinajstić information content (AvgIpc) is 2.80. The second kappa shape index (κ2) is 15.1. The number of carbonyl (C=O) groups is 4. The molecule has 0 aromatic heterocycles. The van der Waals surface area contributed by atoms with Crippen LogP contribution in [0, 0.1) is 0 Å². The van der Waals surface area contributed by atoms with Crippen molar-refractivity contribution in [3.8, 4) is 0 Å². The number of ether oxygens (including phenoxy) is 3. The molecule has 43 heavy (non-hydrogen) atoms. The number of rotatable bonds is 12. The average molecular weight is 605 g/mol. The highest BCUT2D eigenvalue weighted by atomic mass is 16.6. The lowest BCUT2D eigenvalue weighted by atomic mass is 9.87. The Labute approximate surface area is 257 Å². The fourth-order valence-corrected chi connectivity index (χ4v) is 5.31. The molecule has 1 aromatic rings. The van der Waals surface area contributed by atoms with Crippen LogP contribution in [0.1, 0.15) is 99.1 Å². The number of aliphatic carboxylic acids is 1. The van der Waals surface area contributed by atoms with Crippen molar-refractivity contribution < 1.29 is 38.5 Å². The van der Waals surface area contributed by atoms with Gasteiger partial charge in [-0.25, -0.2) is 0 Å². The van der Waals surface area contributed by atoms with Crippen molar-refractivity contribution in [1.29, 1.82) is 0 Å². The first kappa shape index (κ1) is 36.2. The Kier molecular flexibility index (Phi) is 12.8. The van der Waals surface area contributed by atoms with Gasteiger partial charge in [0.2, 0.25) is 0 Å². The summed E-state index contributed by atoms with van der Waals surface area (Å²) in [6, 6.07) is 6.90. The molecule has 1 aliphatic carbocycles. The number of benzene rings is 1. The predicted octanol–water partition coefficient (Wildman–Crippen LogP) is 4.75. The number of esters is 3. The Morgan fingerprint density at radius 3 is 1.37 bits per heavy atom. The van der Waals surface area contributed by atoms with Crippen LogP contribution in [0.5, 0.6) is 0 Å². The first-order chi connectivity index (χ1) is 19.7. The molecule has 0 amide bonds. The van der Waals surface area contributed by atoms with Crippen LogP contribution >= 0.6 is 0 Å². The van der Waals surface area contributed by atoms with E-state index in [4.69, 9.17) is 19.3 Å². The molecule has 242 valence electrons. The summed E-state index contributed by atoms with van der Waals surface area (Å²) in [6.07, 6.45) is 3.24. The third-order valence-electron chi connectivity index (χ3n) is 6.65. The summed E-state index contributed by atoms with van der Waals surface area (Å²) in [5.41, 5.74) is -0.432. The van der Waals surface area contributed by atoms with Crippen molar-refractivity contribution in [2.24, 2.45) is 0 Å². The third kappa shape index (κ3) is 14.4. The standard InChI is InChI=1S/C33H52N2O8/c1-31(2,3)41-28(38)20-34(19-24-16-14-23(15-17-24)18-27(36)37)25-12-10-11-13-26(25)35(21-29(39)42-32(4,5)6)22-30(40)43-33(7,8)9/h14-17,25-26H,10-13,18-22H2,1-9H3,(H,36,37). The number of carbonyl (C=O) groups excluding carboxylic acids is 3. The fourth-order valence-electron chi connectivity index (χ4n) is 5.31.